The third kappa shape index (κ3) is 2.56. The van der Waals surface area contributed by atoms with E-state index in [-0.39, 0.29) is 6.10 Å². The number of hydrogen-bond donors (Lipinski definition) is 3. The molecule has 0 aliphatic heterocycles. The first-order valence-corrected chi connectivity index (χ1v) is 1.99. The Morgan fingerprint density at radius 2 is 2.14 bits per heavy atom. The van der Waals surface area contributed by atoms with E-state index in [1.165, 1.54) is 6.92 Å². The lowest BCUT2D eigenvalue weighted by Gasteiger charge is -2.06. The Labute approximate surface area is 42.2 Å². The molecular formula is C4H9O3. The summed E-state index contributed by atoms with van der Waals surface area (Å²) >= 11 is 0. The van der Waals surface area contributed by atoms with Gasteiger partial charge in [-0.15, -0.1) is 0 Å². The van der Waals surface area contributed by atoms with E-state index in [4.69, 9.17) is 15.3 Å². The first-order chi connectivity index (χ1) is 3.18. The van der Waals surface area contributed by atoms with E-state index in [1.54, 1.807) is 0 Å². The van der Waals surface area contributed by atoms with Gasteiger partial charge in [-0.3, -0.25) is 0 Å². The summed E-state index contributed by atoms with van der Waals surface area (Å²) in [6.45, 7) is 0.920. The third-order valence-corrected chi connectivity index (χ3v) is 0.655. The van der Waals surface area contributed by atoms with Crippen molar-refractivity contribution in [1.29, 1.82) is 0 Å². The van der Waals surface area contributed by atoms with Crippen LogP contribution in [0.5, 0.6) is 0 Å². The van der Waals surface area contributed by atoms with Crippen LogP contribution in [0.15, 0.2) is 0 Å². The van der Waals surface area contributed by atoms with Crippen molar-refractivity contribution < 1.29 is 15.3 Å². The molecule has 0 heterocycles. The standard InChI is InChI=1S/C4H9O3/c1-3(6)4(7)2-5/h4-7H,2H2,1H3. The number of hydrogen-bond acceptors (Lipinski definition) is 3. The fourth-order valence-electron chi connectivity index (χ4n) is 0.132. The summed E-state index contributed by atoms with van der Waals surface area (Å²) in [5.74, 6) is 0. The second kappa shape index (κ2) is 2.96. The Kier molecular flexibility index (Phi) is 2.91. The molecule has 0 amide bonds. The molecule has 43 valence electrons. The van der Waals surface area contributed by atoms with Crippen LogP contribution < -0.4 is 0 Å². The highest BCUT2D eigenvalue weighted by atomic mass is 16.4. The van der Waals surface area contributed by atoms with Crippen molar-refractivity contribution in [1.82, 2.24) is 0 Å². The molecule has 0 aliphatic carbocycles. The average Bonchev–Trinajstić information content (AvgIpc) is 1.65. The highest BCUT2D eigenvalue weighted by molar-refractivity contribution is 4.77. The molecule has 0 aromatic heterocycles. The Morgan fingerprint density at radius 1 is 1.71 bits per heavy atom. The molecule has 7 heavy (non-hydrogen) atoms. The normalized spacial score (nSPS) is 15.0. The molecule has 1 atom stereocenters. The monoisotopic (exact) mass is 105 g/mol. The van der Waals surface area contributed by atoms with Crippen molar-refractivity contribution in [3.63, 3.8) is 0 Å². The maximum absolute atomic E-state index is 8.40. The van der Waals surface area contributed by atoms with E-state index in [9.17, 15) is 0 Å². The maximum Gasteiger partial charge on any atom is 0.121 e. The molecule has 0 rings (SSSR count). The molecule has 0 aromatic rings. The van der Waals surface area contributed by atoms with Gasteiger partial charge < -0.3 is 15.3 Å². The lowest BCUT2D eigenvalue weighted by Crippen LogP contribution is -2.18. The van der Waals surface area contributed by atoms with Crippen LogP contribution >= 0.6 is 0 Å². The van der Waals surface area contributed by atoms with E-state index >= 15 is 0 Å². The van der Waals surface area contributed by atoms with E-state index < -0.39 is 12.7 Å². The highest BCUT2D eigenvalue weighted by Gasteiger charge is 2.08. The molecule has 0 aromatic carbocycles. The van der Waals surface area contributed by atoms with Gasteiger partial charge in [0, 0.05) is 0 Å². The molecule has 0 aliphatic rings. The van der Waals surface area contributed by atoms with E-state index in [0.29, 0.717) is 0 Å². The summed E-state index contributed by atoms with van der Waals surface area (Å²) < 4.78 is 0. The predicted molar refractivity (Wildman–Crippen MR) is 23.9 cm³/mol. The lowest BCUT2D eigenvalue weighted by molar-refractivity contribution is 0.0525. The van der Waals surface area contributed by atoms with E-state index in [1.807, 2.05) is 0 Å². The first-order valence-electron chi connectivity index (χ1n) is 1.99. The minimum Gasteiger partial charge on any atom is -0.394 e. The zero-order chi connectivity index (χ0) is 5.86. The molecular weight excluding hydrogens is 96.0 g/mol. The van der Waals surface area contributed by atoms with E-state index in [2.05, 4.69) is 0 Å². The smallest absolute Gasteiger partial charge is 0.121 e. The molecule has 1 unspecified atom stereocenters. The number of aliphatic hydroxyl groups excluding tert-OH is 3. The second-order valence-electron chi connectivity index (χ2n) is 1.34. The van der Waals surface area contributed by atoms with Crippen LogP contribution in [0, 0.1) is 6.10 Å². The van der Waals surface area contributed by atoms with Crippen molar-refractivity contribution in [3.05, 3.63) is 6.10 Å². The maximum atomic E-state index is 8.40. The van der Waals surface area contributed by atoms with Crippen LogP contribution in [-0.2, 0) is 0 Å². The molecule has 0 spiro atoms. The molecule has 0 bridgehead atoms. The number of aliphatic hydroxyl groups is 3. The second-order valence-corrected chi connectivity index (χ2v) is 1.34. The Morgan fingerprint density at radius 3 is 2.14 bits per heavy atom. The predicted octanol–water partition coefficient (Wildman–Crippen LogP) is -0.736. The lowest BCUT2D eigenvalue weighted by atomic mass is 10.2. The van der Waals surface area contributed by atoms with Crippen molar-refractivity contribution in [2.24, 2.45) is 0 Å². The Hall–Kier alpha value is -0.120. The summed E-state index contributed by atoms with van der Waals surface area (Å²) in [7, 11) is 0. The number of rotatable bonds is 2. The van der Waals surface area contributed by atoms with Crippen LogP contribution in [0.1, 0.15) is 6.92 Å². The molecule has 3 N–H and O–H groups in total. The van der Waals surface area contributed by atoms with Gasteiger partial charge in [-0.05, 0) is 6.92 Å². The van der Waals surface area contributed by atoms with Gasteiger partial charge >= 0.3 is 0 Å². The fraction of sp³-hybridized carbons (Fsp3) is 0.750. The summed E-state index contributed by atoms with van der Waals surface area (Å²) in [6.07, 6.45) is -1.22. The molecule has 3 heteroatoms. The van der Waals surface area contributed by atoms with Gasteiger partial charge in [-0.2, -0.15) is 0 Å². The summed E-state index contributed by atoms with van der Waals surface area (Å²) in [5.41, 5.74) is 0. The van der Waals surface area contributed by atoms with Crippen molar-refractivity contribution >= 4 is 0 Å². The van der Waals surface area contributed by atoms with Gasteiger partial charge in [0.15, 0.2) is 0 Å². The van der Waals surface area contributed by atoms with Crippen LogP contribution in [0.3, 0.4) is 0 Å². The minimum absolute atomic E-state index is 0.150. The van der Waals surface area contributed by atoms with E-state index in [0.717, 1.165) is 0 Å². The van der Waals surface area contributed by atoms with Gasteiger partial charge in [0.1, 0.15) is 12.2 Å². The van der Waals surface area contributed by atoms with Crippen LogP contribution in [0.25, 0.3) is 0 Å². The molecule has 1 radical (unpaired) electrons. The van der Waals surface area contributed by atoms with Gasteiger partial charge in [0.2, 0.25) is 0 Å². The molecule has 0 fully saturated rings. The van der Waals surface area contributed by atoms with Crippen LogP contribution in [0.4, 0.5) is 0 Å². The summed E-state index contributed by atoms with van der Waals surface area (Å²) in [6, 6.07) is 0. The van der Waals surface area contributed by atoms with Crippen LogP contribution in [-0.4, -0.2) is 28.0 Å². The van der Waals surface area contributed by atoms with Crippen molar-refractivity contribution in [2.45, 2.75) is 13.0 Å². The van der Waals surface area contributed by atoms with Gasteiger partial charge in [0.05, 0.1) is 6.61 Å². The largest absolute Gasteiger partial charge is 0.394 e. The SMILES string of the molecule is C[C](O)C(O)CO. The fourth-order valence-corrected chi connectivity index (χ4v) is 0.132. The van der Waals surface area contributed by atoms with Gasteiger partial charge in [-0.25, -0.2) is 0 Å². The molecule has 0 saturated heterocycles. The van der Waals surface area contributed by atoms with Gasteiger partial charge in [0.25, 0.3) is 0 Å². The molecule has 0 saturated carbocycles. The Bertz CT molecular complexity index is 44.2. The summed E-state index contributed by atoms with van der Waals surface area (Å²) in [5, 5.41) is 24.8. The van der Waals surface area contributed by atoms with Crippen molar-refractivity contribution in [2.75, 3.05) is 6.61 Å². The van der Waals surface area contributed by atoms with Gasteiger partial charge in [-0.1, -0.05) is 0 Å². The highest BCUT2D eigenvalue weighted by Crippen LogP contribution is 1.96. The van der Waals surface area contributed by atoms with Crippen LogP contribution in [0.2, 0.25) is 0 Å². The summed E-state index contributed by atoms with van der Waals surface area (Å²) in [4.78, 5) is 0. The average molecular weight is 105 g/mol. The minimum atomic E-state index is -1.07. The zero-order valence-electron chi connectivity index (χ0n) is 4.13. The first kappa shape index (κ1) is 6.88. The molecule has 3 nitrogen and oxygen atoms in total. The topological polar surface area (TPSA) is 60.7 Å². The quantitative estimate of drug-likeness (QED) is 0.433. The zero-order valence-corrected chi connectivity index (χ0v) is 4.13. The third-order valence-electron chi connectivity index (χ3n) is 0.655. The van der Waals surface area contributed by atoms with Crippen molar-refractivity contribution in [3.8, 4) is 0 Å². The Balaban J connectivity index is 3.14.